The highest BCUT2D eigenvalue weighted by molar-refractivity contribution is 5.99. The second-order valence-corrected chi connectivity index (χ2v) is 4.46. The Morgan fingerprint density at radius 1 is 1.35 bits per heavy atom. The monoisotopic (exact) mass is 281 g/mol. The molecular weight excluding hydrogens is 269 g/mol. The van der Waals surface area contributed by atoms with Gasteiger partial charge in [0.2, 0.25) is 5.91 Å². The lowest BCUT2D eigenvalue weighted by Crippen LogP contribution is -2.18. The number of hydrogen-bond donors (Lipinski definition) is 2. The summed E-state index contributed by atoms with van der Waals surface area (Å²) < 4.78 is 18.0. The molecule has 2 rings (SSSR count). The number of carboxylic acids is 1. The molecule has 7 heteroatoms. The minimum Gasteiger partial charge on any atom is -0.481 e. The normalized spacial score (nSPS) is 20.1. The van der Waals surface area contributed by atoms with Crippen molar-refractivity contribution in [1.82, 2.24) is 0 Å². The van der Waals surface area contributed by atoms with Crippen molar-refractivity contribution in [3.05, 3.63) is 29.6 Å². The fourth-order valence-corrected chi connectivity index (χ4v) is 1.85. The van der Waals surface area contributed by atoms with E-state index < -0.39 is 35.5 Å². The third-order valence-electron chi connectivity index (χ3n) is 3.09. The zero-order valence-electron chi connectivity index (χ0n) is 10.6. The van der Waals surface area contributed by atoms with Crippen LogP contribution in [0.1, 0.15) is 16.8 Å². The first-order valence-electron chi connectivity index (χ1n) is 5.85. The van der Waals surface area contributed by atoms with Crippen LogP contribution in [0, 0.1) is 17.7 Å². The standard InChI is InChI=1S/C13H12FNO5/c1-20-13(19)6-2-3-9(14)10(4-6)15-11(16)7-5-8(7)12(17)18/h2-4,7-8H,5H2,1H3,(H,15,16)(H,17,18)/t7-,8+/m1/s1. The lowest BCUT2D eigenvalue weighted by Gasteiger charge is -2.07. The number of amides is 1. The summed E-state index contributed by atoms with van der Waals surface area (Å²) in [5.41, 5.74) is -0.0799. The van der Waals surface area contributed by atoms with E-state index in [1.807, 2.05) is 0 Å². The van der Waals surface area contributed by atoms with Gasteiger partial charge in [-0.3, -0.25) is 9.59 Å². The first-order chi connectivity index (χ1) is 9.43. The number of benzene rings is 1. The van der Waals surface area contributed by atoms with Gasteiger partial charge in [0.15, 0.2) is 0 Å². The number of aliphatic carboxylic acids is 1. The van der Waals surface area contributed by atoms with Gasteiger partial charge >= 0.3 is 11.9 Å². The molecular formula is C13H12FNO5. The molecule has 0 saturated heterocycles. The number of carbonyl (C=O) groups is 3. The number of ether oxygens (including phenoxy) is 1. The van der Waals surface area contributed by atoms with E-state index in [2.05, 4.69) is 10.1 Å². The van der Waals surface area contributed by atoms with Crippen molar-refractivity contribution in [3.8, 4) is 0 Å². The maximum atomic E-state index is 13.6. The fourth-order valence-electron chi connectivity index (χ4n) is 1.85. The average Bonchev–Trinajstić information content (AvgIpc) is 3.20. The second kappa shape index (κ2) is 5.28. The van der Waals surface area contributed by atoms with Crippen LogP contribution in [-0.2, 0) is 14.3 Å². The van der Waals surface area contributed by atoms with Crippen molar-refractivity contribution in [2.24, 2.45) is 11.8 Å². The smallest absolute Gasteiger partial charge is 0.337 e. The van der Waals surface area contributed by atoms with Crippen molar-refractivity contribution in [1.29, 1.82) is 0 Å². The number of rotatable bonds is 4. The van der Waals surface area contributed by atoms with E-state index in [-0.39, 0.29) is 17.7 Å². The molecule has 6 nitrogen and oxygen atoms in total. The minimum atomic E-state index is -1.05. The van der Waals surface area contributed by atoms with Gasteiger partial charge in [-0.05, 0) is 24.6 Å². The van der Waals surface area contributed by atoms with Crippen LogP contribution in [0.3, 0.4) is 0 Å². The molecule has 0 radical (unpaired) electrons. The molecule has 2 atom stereocenters. The van der Waals surface area contributed by atoms with Gasteiger partial charge in [-0.15, -0.1) is 0 Å². The Morgan fingerprint density at radius 2 is 2.05 bits per heavy atom. The second-order valence-electron chi connectivity index (χ2n) is 4.46. The van der Waals surface area contributed by atoms with Gasteiger partial charge in [0.1, 0.15) is 5.82 Å². The Hall–Kier alpha value is -2.44. The molecule has 0 unspecified atom stereocenters. The zero-order valence-corrected chi connectivity index (χ0v) is 10.6. The van der Waals surface area contributed by atoms with Gasteiger partial charge in [-0.1, -0.05) is 0 Å². The molecule has 0 aromatic heterocycles. The summed E-state index contributed by atoms with van der Waals surface area (Å²) in [6.07, 6.45) is 0.236. The number of anilines is 1. The highest BCUT2D eigenvalue weighted by atomic mass is 19.1. The minimum absolute atomic E-state index is 0.0924. The maximum Gasteiger partial charge on any atom is 0.337 e. The van der Waals surface area contributed by atoms with Crippen LogP contribution >= 0.6 is 0 Å². The lowest BCUT2D eigenvalue weighted by molar-refractivity contribution is -0.139. The molecule has 1 amide bonds. The molecule has 106 valence electrons. The summed E-state index contributed by atoms with van der Waals surface area (Å²) in [4.78, 5) is 33.7. The van der Waals surface area contributed by atoms with Crippen LogP contribution in [0.2, 0.25) is 0 Å². The molecule has 2 N–H and O–H groups in total. The third kappa shape index (κ3) is 2.76. The van der Waals surface area contributed by atoms with E-state index in [1.54, 1.807) is 0 Å². The van der Waals surface area contributed by atoms with Crippen LogP contribution < -0.4 is 5.32 Å². The Labute approximate surface area is 113 Å². The highest BCUT2D eigenvalue weighted by Crippen LogP contribution is 2.39. The number of esters is 1. The summed E-state index contributed by atoms with van der Waals surface area (Å²) >= 11 is 0. The number of methoxy groups -OCH3 is 1. The zero-order chi connectivity index (χ0) is 14.9. The lowest BCUT2D eigenvalue weighted by atomic mass is 10.2. The van der Waals surface area contributed by atoms with E-state index in [4.69, 9.17) is 5.11 Å². The molecule has 0 heterocycles. The van der Waals surface area contributed by atoms with E-state index in [1.165, 1.54) is 13.2 Å². The van der Waals surface area contributed by atoms with Gasteiger partial charge in [0.25, 0.3) is 0 Å². The number of hydrogen-bond acceptors (Lipinski definition) is 4. The van der Waals surface area contributed by atoms with E-state index >= 15 is 0 Å². The van der Waals surface area contributed by atoms with Gasteiger partial charge in [-0.2, -0.15) is 0 Å². The number of carbonyl (C=O) groups excluding carboxylic acids is 2. The molecule has 1 aliphatic rings. The average molecular weight is 281 g/mol. The van der Waals surface area contributed by atoms with Gasteiger partial charge in [-0.25, -0.2) is 9.18 Å². The van der Waals surface area contributed by atoms with Crippen molar-refractivity contribution < 1.29 is 28.6 Å². The Kier molecular flexibility index (Phi) is 3.69. The highest BCUT2D eigenvalue weighted by Gasteiger charge is 2.48. The van der Waals surface area contributed by atoms with Crippen LogP contribution in [0.15, 0.2) is 18.2 Å². The van der Waals surface area contributed by atoms with Crippen LogP contribution in [0.5, 0.6) is 0 Å². The van der Waals surface area contributed by atoms with Gasteiger partial charge < -0.3 is 15.2 Å². The number of halogens is 1. The van der Waals surface area contributed by atoms with Crippen molar-refractivity contribution in [3.63, 3.8) is 0 Å². The summed E-state index contributed by atoms with van der Waals surface area (Å²) in [7, 11) is 1.19. The molecule has 0 aliphatic heterocycles. The van der Waals surface area contributed by atoms with Crippen molar-refractivity contribution in [2.75, 3.05) is 12.4 Å². The van der Waals surface area contributed by atoms with Crippen LogP contribution in [-0.4, -0.2) is 30.1 Å². The number of nitrogens with one attached hydrogen (secondary N) is 1. The van der Waals surface area contributed by atoms with Gasteiger partial charge in [0, 0.05) is 0 Å². The maximum absolute atomic E-state index is 13.6. The molecule has 1 fully saturated rings. The Bertz CT molecular complexity index is 586. The third-order valence-corrected chi connectivity index (χ3v) is 3.09. The van der Waals surface area contributed by atoms with E-state index in [9.17, 15) is 18.8 Å². The van der Waals surface area contributed by atoms with E-state index in [0.29, 0.717) is 0 Å². The fraction of sp³-hybridized carbons (Fsp3) is 0.308. The molecule has 1 aromatic carbocycles. The van der Waals surface area contributed by atoms with Crippen LogP contribution in [0.25, 0.3) is 0 Å². The quantitative estimate of drug-likeness (QED) is 0.811. The molecule has 20 heavy (non-hydrogen) atoms. The van der Waals surface area contributed by atoms with Crippen LogP contribution in [0.4, 0.5) is 10.1 Å². The predicted octanol–water partition coefficient (Wildman–Crippen LogP) is 1.27. The van der Waals surface area contributed by atoms with Crippen molar-refractivity contribution in [2.45, 2.75) is 6.42 Å². The van der Waals surface area contributed by atoms with E-state index in [0.717, 1.165) is 12.1 Å². The van der Waals surface area contributed by atoms with Crippen molar-refractivity contribution >= 4 is 23.5 Å². The summed E-state index contributed by atoms with van der Waals surface area (Å²) in [6.45, 7) is 0. The predicted molar refractivity (Wildman–Crippen MR) is 65.6 cm³/mol. The van der Waals surface area contributed by atoms with Gasteiger partial charge in [0.05, 0.1) is 30.2 Å². The molecule has 0 spiro atoms. The first-order valence-corrected chi connectivity index (χ1v) is 5.85. The SMILES string of the molecule is COC(=O)c1ccc(F)c(NC(=O)[C@@H]2C[C@@H]2C(=O)O)c1. The summed E-state index contributed by atoms with van der Waals surface area (Å²) in [5.74, 6) is -4.36. The molecule has 1 aliphatic carbocycles. The molecule has 0 bridgehead atoms. The first kappa shape index (κ1) is 14.0. The molecule has 1 saturated carbocycles. The largest absolute Gasteiger partial charge is 0.481 e. The molecule has 1 aromatic rings. The topological polar surface area (TPSA) is 92.7 Å². The Balaban J connectivity index is 2.11. The summed E-state index contributed by atoms with van der Waals surface area (Å²) in [6, 6.07) is 3.41. The summed E-state index contributed by atoms with van der Waals surface area (Å²) in [5, 5.41) is 11.0. The Morgan fingerprint density at radius 3 is 2.60 bits per heavy atom. The number of carboxylic acid groups (broad SMARTS) is 1.